The molecule has 0 saturated heterocycles. The Hall–Kier alpha value is -0.420. The third kappa shape index (κ3) is 6.04. The maximum Gasteiger partial charge on any atom is 0.233 e. The van der Waals surface area contributed by atoms with Crippen LogP contribution >= 0.6 is 35.0 Å². The molecule has 106 valence electrons. The zero-order chi connectivity index (χ0) is 14.3. The van der Waals surface area contributed by atoms with Gasteiger partial charge in [0, 0.05) is 16.5 Å². The summed E-state index contributed by atoms with van der Waals surface area (Å²) in [6.07, 6.45) is 1.82. The zero-order valence-electron chi connectivity index (χ0n) is 10.8. The molecule has 3 N–H and O–H groups in total. The lowest BCUT2D eigenvalue weighted by molar-refractivity contribution is -0.120. The highest BCUT2D eigenvalue weighted by Gasteiger charge is 2.15. The largest absolute Gasteiger partial charge is 0.355 e. The van der Waals surface area contributed by atoms with Crippen LogP contribution in [0.3, 0.4) is 0 Å². The Morgan fingerprint density at radius 3 is 2.84 bits per heavy atom. The fraction of sp³-hybridized carbons (Fsp3) is 0.462. The monoisotopic (exact) mass is 320 g/mol. The predicted octanol–water partition coefficient (Wildman–Crippen LogP) is 3.33. The molecule has 0 aliphatic heterocycles. The summed E-state index contributed by atoms with van der Waals surface area (Å²) in [5.74, 6) is -0.00179. The first-order valence-electron chi connectivity index (χ1n) is 6.14. The molecule has 6 heteroatoms. The lowest BCUT2D eigenvalue weighted by Gasteiger charge is -2.13. The number of thioether (sulfide) groups is 1. The number of rotatable bonds is 7. The van der Waals surface area contributed by atoms with Crippen LogP contribution in [0.1, 0.15) is 19.8 Å². The molecule has 0 radical (unpaired) electrons. The molecule has 0 aromatic heterocycles. The van der Waals surface area contributed by atoms with E-state index in [-0.39, 0.29) is 11.2 Å². The number of hydrogen-bond acceptors (Lipinski definition) is 3. The SMILES string of the molecule is CC(Sc1cc(Cl)ccc1Cl)C(=O)NCCCCN. The van der Waals surface area contributed by atoms with Crippen LogP contribution in [0.2, 0.25) is 10.0 Å². The first kappa shape index (κ1) is 16.6. The van der Waals surface area contributed by atoms with E-state index in [1.165, 1.54) is 11.8 Å². The van der Waals surface area contributed by atoms with E-state index in [0.29, 0.717) is 23.1 Å². The summed E-state index contributed by atoms with van der Waals surface area (Å²) in [5, 5.41) is 3.89. The fourth-order valence-corrected chi connectivity index (χ4v) is 2.87. The Morgan fingerprint density at radius 1 is 1.42 bits per heavy atom. The van der Waals surface area contributed by atoms with E-state index in [0.717, 1.165) is 17.7 Å². The second-order valence-electron chi connectivity index (χ2n) is 4.12. The summed E-state index contributed by atoms with van der Waals surface area (Å²) >= 11 is 13.4. The molecular formula is C13H18Cl2N2OS. The van der Waals surface area contributed by atoms with Crippen molar-refractivity contribution in [2.45, 2.75) is 29.9 Å². The van der Waals surface area contributed by atoms with Gasteiger partial charge in [-0.2, -0.15) is 0 Å². The predicted molar refractivity (Wildman–Crippen MR) is 83.1 cm³/mol. The summed E-state index contributed by atoms with van der Waals surface area (Å²) in [7, 11) is 0. The topological polar surface area (TPSA) is 55.1 Å². The Labute approximate surface area is 128 Å². The van der Waals surface area contributed by atoms with E-state index >= 15 is 0 Å². The van der Waals surface area contributed by atoms with Crippen LogP contribution in [0.25, 0.3) is 0 Å². The Balaban J connectivity index is 2.47. The average Bonchev–Trinajstić information content (AvgIpc) is 2.38. The second kappa shape index (κ2) is 8.69. The normalized spacial score (nSPS) is 12.2. The van der Waals surface area contributed by atoms with Crippen molar-refractivity contribution in [3.63, 3.8) is 0 Å². The van der Waals surface area contributed by atoms with Gasteiger partial charge in [-0.3, -0.25) is 4.79 Å². The zero-order valence-corrected chi connectivity index (χ0v) is 13.1. The van der Waals surface area contributed by atoms with Crippen LogP contribution in [0.5, 0.6) is 0 Å². The van der Waals surface area contributed by atoms with Crippen molar-refractivity contribution in [3.8, 4) is 0 Å². The first-order chi connectivity index (χ1) is 9.04. The van der Waals surface area contributed by atoms with E-state index in [9.17, 15) is 4.79 Å². The minimum atomic E-state index is -0.214. The van der Waals surface area contributed by atoms with E-state index in [2.05, 4.69) is 5.32 Å². The Morgan fingerprint density at radius 2 is 2.16 bits per heavy atom. The summed E-state index contributed by atoms with van der Waals surface area (Å²) in [6, 6.07) is 5.23. The molecule has 3 nitrogen and oxygen atoms in total. The minimum absolute atomic E-state index is 0.00179. The van der Waals surface area contributed by atoms with Gasteiger partial charge < -0.3 is 11.1 Å². The van der Waals surface area contributed by atoms with Gasteiger partial charge in [0.2, 0.25) is 5.91 Å². The molecule has 1 aromatic carbocycles. The van der Waals surface area contributed by atoms with Crippen LogP contribution in [-0.2, 0) is 4.79 Å². The summed E-state index contributed by atoms with van der Waals surface area (Å²) in [6.45, 7) is 3.16. The molecule has 0 spiro atoms. The van der Waals surface area contributed by atoms with Crippen molar-refractivity contribution in [1.82, 2.24) is 5.32 Å². The minimum Gasteiger partial charge on any atom is -0.355 e. The second-order valence-corrected chi connectivity index (χ2v) is 6.35. The molecular weight excluding hydrogens is 303 g/mol. The lowest BCUT2D eigenvalue weighted by atomic mass is 10.3. The van der Waals surface area contributed by atoms with Gasteiger partial charge in [-0.05, 0) is 44.5 Å². The molecule has 0 bridgehead atoms. The van der Waals surface area contributed by atoms with Crippen LogP contribution < -0.4 is 11.1 Å². The third-order valence-corrected chi connectivity index (χ3v) is 4.33. The number of nitrogens with one attached hydrogen (secondary N) is 1. The standard InChI is InChI=1S/C13H18Cl2N2OS/c1-9(13(18)17-7-3-2-6-16)19-12-8-10(14)4-5-11(12)15/h4-5,8-9H,2-3,6-7,16H2,1H3,(H,17,18). The Kier molecular flexibility index (Phi) is 7.61. The van der Waals surface area contributed by atoms with Crippen LogP contribution in [0.4, 0.5) is 0 Å². The fourth-order valence-electron chi connectivity index (χ4n) is 1.44. The summed E-state index contributed by atoms with van der Waals surface area (Å²) in [5.41, 5.74) is 5.39. The molecule has 0 fully saturated rings. The highest BCUT2D eigenvalue weighted by molar-refractivity contribution is 8.00. The lowest BCUT2D eigenvalue weighted by Crippen LogP contribution is -2.31. The van der Waals surface area contributed by atoms with E-state index < -0.39 is 0 Å². The molecule has 0 saturated carbocycles. The van der Waals surface area contributed by atoms with Gasteiger partial charge in [-0.25, -0.2) is 0 Å². The summed E-state index contributed by atoms with van der Waals surface area (Å²) in [4.78, 5) is 12.7. The average molecular weight is 321 g/mol. The molecule has 1 atom stereocenters. The van der Waals surface area contributed by atoms with Crippen molar-refractivity contribution in [2.75, 3.05) is 13.1 Å². The highest BCUT2D eigenvalue weighted by atomic mass is 35.5. The first-order valence-corrected chi connectivity index (χ1v) is 7.77. The maximum atomic E-state index is 11.9. The molecule has 0 aliphatic rings. The highest BCUT2D eigenvalue weighted by Crippen LogP contribution is 2.32. The molecule has 1 aromatic rings. The number of benzene rings is 1. The van der Waals surface area contributed by atoms with Gasteiger partial charge in [0.05, 0.1) is 10.3 Å². The molecule has 1 unspecified atom stereocenters. The number of hydrogen-bond donors (Lipinski definition) is 2. The number of amides is 1. The van der Waals surface area contributed by atoms with Crippen molar-refractivity contribution in [1.29, 1.82) is 0 Å². The van der Waals surface area contributed by atoms with Gasteiger partial charge >= 0.3 is 0 Å². The van der Waals surface area contributed by atoms with Gasteiger partial charge in [-0.1, -0.05) is 23.2 Å². The van der Waals surface area contributed by atoms with Crippen molar-refractivity contribution in [3.05, 3.63) is 28.2 Å². The Bertz CT molecular complexity index is 429. The van der Waals surface area contributed by atoms with Crippen LogP contribution in [0, 0.1) is 0 Å². The van der Waals surface area contributed by atoms with E-state index in [1.54, 1.807) is 18.2 Å². The molecule has 19 heavy (non-hydrogen) atoms. The number of carbonyl (C=O) groups excluding carboxylic acids is 1. The van der Waals surface area contributed by atoms with Gasteiger partial charge in [0.25, 0.3) is 0 Å². The van der Waals surface area contributed by atoms with Gasteiger partial charge in [-0.15, -0.1) is 11.8 Å². The molecule has 0 heterocycles. The number of nitrogens with two attached hydrogens (primary N) is 1. The molecule has 0 aliphatic carbocycles. The van der Waals surface area contributed by atoms with Crippen LogP contribution in [0.15, 0.2) is 23.1 Å². The van der Waals surface area contributed by atoms with Crippen molar-refractivity contribution >= 4 is 40.9 Å². The van der Waals surface area contributed by atoms with Crippen molar-refractivity contribution in [2.24, 2.45) is 5.73 Å². The third-order valence-electron chi connectivity index (χ3n) is 2.50. The van der Waals surface area contributed by atoms with Gasteiger partial charge in [0.1, 0.15) is 0 Å². The number of unbranched alkanes of at least 4 members (excludes halogenated alkanes) is 1. The molecule has 1 rings (SSSR count). The number of halogens is 2. The molecule has 1 amide bonds. The van der Waals surface area contributed by atoms with E-state index in [1.807, 2.05) is 6.92 Å². The van der Waals surface area contributed by atoms with Gasteiger partial charge in [0.15, 0.2) is 0 Å². The van der Waals surface area contributed by atoms with E-state index in [4.69, 9.17) is 28.9 Å². The summed E-state index contributed by atoms with van der Waals surface area (Å²) < 4.78 is 0. The number of carbonyl (C=O) groups is 1. The van der Waals surface area contributed by atoms with Crippen LogP contribution in [-0.4, -0.2) is 24.2 Å². The maximum absolute atomic E-state index is 11.9. The smallest absolute Gasteiger partial charge is 0.233 e. The quantitative estimate of drug-likeness (QED) is 0.598. The van der Waals surface area contributed by atoms with Crippen molar-refractivity contribution < 1.29 is 4.79 Å².